The smallest absolute Gasteiger partial charge is 0 e. The van der Waals surface area contributed by atoms with Gasteiger partial charge >= 0.3 is 0 Å². The van der Waals surface area contributed by atoms with Crippen molar-refractivity contribution in [2.24, 2.45) is 0 Å². The van der Waals surface area contributed by atoms with E-state index in [-0.39, 0.29) is 32.7 Å². The second-order valence-electron chi connectivity index (χ2n) is 11.6. The molecule has 0 heterocycles. The molecule has 1 heteroatoms. The summed E-state index contributed by atoms with van der Waals surface area (Å²) in [6.45, 7) is 25.6. The molecule has 0 amide bonds. The molecule has 0 spiro atoms. The van der Waals surface area contributed by atoms with E-state index in [0.717, 1.165) is 0 Å². The third kappa shape index (κ3) is 12.8. The Balaban J connectivity index is 0.000000299. The van der Waals surface area contributed by atoms with Crippen molar-refractivity contribution in [1.82, 2.24) is 0 Å². The van der Waals surface area contributed by atoms with Gasteiger partial charge in [0.25, 0.3) is 0 Å². The predicted molar refractivity (Wildman–Crippen MR) is 186 cm³/mol. The summed E-state index contributed by atoms with van der Waals surface area (Å²) in [5, 5.41) is 0. The van der Waals surface area contributed by atoms with E-state index in [2.05, 4.69) is 156 Å². The molecule has 0 atom stereocenters. The summed E-state index contributed by atoms with van der Waals surface area (Å²) < 4.78 is 0. The largest absolute Gasteiger partial charge is 0.184 e. The molecule has 0 unspecified atom stereocenters. The van der Waals surface area contributed by atoms with Gasteiger partial charge in [0.2, 0.25) is 0 Å². The van der Waals surface area contributed by atoms with Crippen molar-refractivity contribution in [1.29, 1.82) is 0 Å². The van der Waals surface area contributed by atoms with Crippen molar-refractivity contribution in [3.8, 4) is 11.1 Å². The molecule has 1 radical (unpaired) electrons. The standard InChI is InChI=1S/C16H18.C10H14.2C8H9.Y/c1-11-5-7-15(9-13(11)3)16-8-6-12(2)14(4)10-16;1-7-5-9(3)10(4)6-8(7)2;2*1-7-5-3-4-6-8(7)2;/h5-10H,1-4H3;5-6H,1-4H3;2*3,5-6H,1-2H3;/q;;2*-1;. The first-order chi connectivity index (χ1) is 19.8. The molecule has 0 aliphatic rings. The van der Waals surface area contributed by atoms with E-state index < -0.39 is 0 Å². The van der Waals surface area contributed by atoms with Gasteiger partial charge in [-0.1, -0.05) is 76.2 Å². The molecule has 0 aliphatic carbocycles. The molecule has 5 aromatic carbocycles. The Morgan fingerprint density at radius 3 is 0.814 bits per heavy atom. The number of hydrogen-bond acceptors (Lipinski definition) is 0. The zero-order valence-electron chi connectivity index (χ0n) is 28.7. The van der Waals surface area contributed by atoms with E-state index in [0.29, 0.717) is 0 Å². The molecule has 0 aliphatic heterocycles. The Bertz CT molecular complexity index is 1400. The van der Waals surface area contributed by atoms with Crippen molar-refractivity contribution in [3.05, 3.63) is 164 Å². The van der Waals surface area contributed by atoms with Crippen molar-refractivity contribution in [2.45, 2.75) is 83.1 Å². The fraction of sp³-hybridized carbons (Fsp3) is 0.286. The van der Waals surface area contributed by atoms with Crippen LogP contribution in [0.15, 0.2) is 84.9 Å². The fourth-order valence-electron chi connectivity index (χ4n) is 4.13. The van der Waals surface area contributed by atoms with Crippen LogP contribution in [0.3, 0.4) is 0 Å². The maximum Gasteiger partial charge on any atom is 0 e. The van der Waals surface area contributed by atoms with Crippen LogP contribution in [0.2, 0.25) is 0 Å². The molecule has 43 heavy (non-hydrogen) atoms. The molecule has 0 saturated heterocycles. The molecule has 0 aromatic heterocycles. The van der Waals surface area contributed by atoms with Crippen LogP contribution in [0, 0.1) is 95.2 Å². The van der Waals surface area contributed by atoms with E-state index in [1.807, 2.05) is 24.3 Å². The average Bonchev–Trinajstić information content (AvgIpc) is 2.95. The Labute approximate surface area is 288 Å². The quantitative estimate of drug-likeness (QED) is 0.160. The molecular formula is C42H50Y-2. The Morgan fingerprint density at radius 1 is 0.302 bits per heavy atom. The zero-order valence-corrected chi connectivity index (χ0v) is 31.5. The number of rotatable bonds is 1. The fourth-order valence-corrected chi connectivity index (χ4v) is 4.13. The monoisotopic (exact) mass is 643 g/mol. The first-order valence-electron chi connectivity index (χ1n) is 14.9. The van der Waals surface area contributed by atoms with Crippen molar-refractivity contribution < 1.29 is 32.7 Å². The number of aryl methyl sites for hydroxylation is 12. The molecule has 0 fully saturated rings. The zero-order chi connectivity index (χ0) is 31.4. The molecule has 5 rings (SSSR count). The first-order valence-corrected chi connectivity index (χ1v) is 14.9. The maximum absolute atomic E-state index is 3.00. The van der Waals surface area contributed by atoms with Gasteiger partial charge in [-0.05, 0) is 111 Å². The van der Waals surface area contributed by atoms with E-state index in [1.165, 1.54) is 77.9 Å². The molecule has 0 saturated carbocycles. The van der Waals surface area contributed by atoms with E-state index >= 15 is 0 Å². The van der Waals surface area contributed by atoms with Gasteiger partial charge in [0.15, 0.2) is 0 Å². The van der Waals surface area contributed by atoms with Crippen molar-refractivity contribution >= 4 is 0 Å². The van der Waals surface area contributed by atoms with E-state index in [1.54, 1.807) is 0 Å². The second kappa shape index (κ2) is 18.8. The van der Waals surface area contributed by atoms with Crippen LogP contribution >= 0.6 is 0 Å². The van der Waals surface area contributed by atoms with Gasteiger partial charge in [-0.25, -0.2) is 0 Å². The average molecular weight is 644 g/mol. The van der Waals surface area contributed by atoms with Crippen LogP contribution in [-0.4, -0.2) is 0 Å². The summed E-state index contributed by atoms with van der Waals surface area (Å²) in [5.41, 5.74) is 18.9. The SMILES string of the molecule is Cc1c[c-]ccc1C.Cc1c[c-]ccc1C.Cc1cc(C)c(C)cc1C.Cc1ccc(-c2ccc(C)c(C)c2)cc1C.[Y]. The van der Waals surface area contributed by atoms with Gasteiger partial charge in [-0.15, -0.1) is 0 Å². The first kappa shape index (κ1) is 38.2. The minimum absolute atomic E-state index is 0. The van der Waals surface area contributed by atoms with Gasteiger partial charge in [-0.3, -0.25) is 0 Å². The Kier molecular flexibility index (Phi) is 16.7. The van der Waals surface area contributed by atoms with Crippen LogP contribution < -0.4 is 0 Å². The topological polar surface area (TPSA) is 0 Å². The molecule has 0 N–H and O–H groups in total. The van der Waals surface area contributed by atoms with E-state index in [4.69, 9.17) is 0 Å². The third-order valence-corrected chi connectivity index (χ3v) is 8.16. The van der Waals surface area contributed by atoms with Gasteiger partial charge in [0.05, 0.1) is 0 Å². The second-order valence-corrected chi connectivity index (χ2v) is 11.6. The summed E-state index contributed by atoms with van der Waals surface area (Å²) >= 11 is 0. The van der Waals surface area contributed by atoms with Crippen LogP contribution in [0.25, 0.3) is 11.1 Å². The van der Waals surface area contributed by atoms with Crippen molar-refractivity contribution in [2.75, 3.05) is 0 Å². The molecule has 5 aromatic rings. The normalized spacial score (nSPS) is 9.67. The third-order valence-electron chi connectivity index (χ3n) is 8.16. The molecule has 0 bridgehead atoms. The molecular weight excluding hydrogens is 593 g/mol. The minimum Gasteiger partial charge on any atom is -0.184 e. The number of benzene rings is 5. The molecule has 0 nitrogen and oxygen atoms in total. The Morgan fingerprint density at radius 2 is 0.581 bits per heavy atom. The summed E-state index contributed by atoms with van der Waals surface area (Å²) in [7, 11) is 0. The van der Waals surface area contributed by atoms with E-state index in [9.17, 15) is 0 Å². The van der Waals surface area contributed by atoms with Gasteiger partial charge in [0.1, 0.15) is 0 Å². The van der Waals surface area contributed by atoms with Crippen LogP contribution in [0.1, 0.15) is 66.8 Å². The van der Waals surface area contributed by atoms with Crippen LogP contribution in [-0.2, 0) is 32.7 Å². The van der Waals surface area contributed by atoms with Crippen molar-refractivity contribution in [3.63, 3.8) is 0 Å². The van der Waals surface area contributed by atoms with Gasteiger partial charge < -0.3 is 0 Å². The summed E-state index contributed by atoms with van der Waals surface area (Å²) in [5.74, 6) is 0. The van der Waals surface area contributed by atoms with Gasteiger partial charge in [0, 0.05) is 32.7 Å². The van der Waals surface area contributed by atoms with Crippen LogP contribution in [0.4, 0.5) is 0 Å². The minimum atomic E-state index is 0. The molecule has 223 valence electrons. The summed E-state index contributed by atoms with van der Waals surface area (Å²) in [6, 6.07) is 35.8. The summed E-state index contributed by atoms with van der Waals surface area (Å²) in [6.07, 6.45) is 0. The number of hydrogen-bond donors (Lipinski definition) is 0. The van der Waals surface area contributed by atoms with Crippen LogP contribution in [0.5, 0.6) is 0 Å². The predicted octanol–water partition coefficient (Wildman–Crippen LogP) is 11.7. The maximum atomic E-state index is 3.00. The summed E-state index contributed by atoms with van der Waals surface area (Å²) in [4.78, 5) is 0. The Hall–Kier alpha value is -2.80. The van der Waals surface area contributed by atoms with Gasteiger partial charge in [-0.2, -0.15) is 70.8 Å².